The number of rotatable bonds is 0. The predicted octanol–water partition coefficient (Wildman–Crippen LogP) is 3.59. The fourth-order valence-electron chi connectivity index (χ4n) is 2.05. The van der Waals surface area contributed by atoms with E-state index >= 15 is 0 Å². The van der Waals surface area contributed by atoms with Gasteiger partial charge in [0.05, 0.1) is 6.07 Å². The fraction of sp³-hybridized carbons (Fsp3) is 0.583. The van der Waals surface area contributed by atoms with Gasteiger partial charge in [-0.3, -0.25) is 0 Å². The lowest BCUT2D eigenvalue weighted by molar-refractivity contribution is 0.351. The van der Waals surface area contributed by atoms with Gasteiger partial charge in [-0.2, -0.15) is 5.26 Å². The van der Waals surface area contributed by atoms with Crippen molar-refractivity contribution in [1.29, 1.82) is 5.26 Å². The number of nitriles is 1. The van der Waals surface area contributed by atoms with Crippen LogP contribution in [0.1, 0.15) is 40.5 Å². The summed E-state index contributed by atoms with van der Waals surface area (Å²) in [4.78, 5) is 0. The lowest BCUT2D eigenvalue weighted by Crippen LogP contribution is -2.16. The van der Waals surface area contributed by atoms with Gasteiger partial charge in [0.1, 0.15) is 0 Å². The van der Waals surface area contributed by atoms with E-state index in [-0.39, 0.29) is 0 Å². The predicted molar refractivity (Wildman–Crippen MR) is 55.1 cm³/mol. The van der Waals surface area contributed by atoms with Crippen LogP contribution in [0.15, 0.2) is 22.8 Å². The highest BCUT2D eigenvalue weighted by molar-refractivity contribution is 5.38. The normalized spacial score (nSPS) is 24.7. The zero-order chi connectivity index (χ0) is 10.1. The van der Waals surface area contributed by atoms with Gasteiger partial charge in [-0.25, -0.2) is 0 Å². The van der Waals surface area contributed by atoms with Crippen LogP contribution in [0.5, 0.6) is 0 Å². The van der Waals surface area contributed by atoms with E-state index in [2.05, 4.69) is 32.9 Å². The first-order chi connectivity index (χ1) is 5.94. The molecule has 0 fully saturated rings. The van der Waals surface area contributed by atoms with Crippen LogP contribution in [0.4, 0.5) is 0 Å². The minimum Gasteiger partial charge on any atom is -0.193 e. The van der Waals surface area contributed by atoms with Gasteiger partial charge in [0, 0.05) is 5.57 Å². The molecule has 0 atom stereocenters. The van der Waals surface area contributed by atoms with Crippen molar-refractivity contribution in [1.82, 2.24) is 0 Å². The number of hydrogen-bond donors (Lipinski definition) is 0. The molecular weight excluding hydrogens is 158 g/mol. The van der Waals surface area contributed by atoms with Crippen molar-refractivity contribution in [3.8, 4) is 6.07 Å². The second-order valence-corrected chi connectivity index (χ2v) is 4.77. The van der Waals surface area contributed by atoms with Crippen molar-refractivity contribution in [3.63, 3.8) is 0 Å². The minimum absolute atomic E-state index is 0.326. The zero-order valence-electron chi connectivity index (χ0n) is 8.94. The molecule has 0 N–H and O–H groups in total. The van der Waals surface area contributed by atoms with E-state index < -0.39 is 0 Å². The summed E-state index contributed by atoms with van der Waals surface area (Å²) >= 11 is 0. The lowest BCUT2D eigenvalue weighted by Gasteiger charge is -2.30. The van der Waals surface area contributed by atoms with Gasteiger partial charge in [0.25, 0.3) is 0 Å². The number of hydrogen-bond acceptors (Lipinski definition) is 1. The van der Waals surface area contributed by atoms with E-state index in [1.807, 2.05) is 6.92 Å². The van der Waals surface area contributed by atoms with Crippen molar-refractivity contribution in [3.05, 3.63) is 22.8 Å². The molecule has 1 aliphatic carbocycles. The maximum Gasteiger partial charge on any atom is 0.0946 e. The Kier molecular flexibility index (Phi) is 2.61. The quantitative estimate of drug-likeness (QED) is 0.516. The fourth-order valence-corrected chi connectivity index (χ4v) is 2.05. The van der Waals surface area contributed by atoms with Crippen molar-refractivity contribution in [2.75, 3.05) is 0 Å². The standard InChI is InChI=1S/C12H17N/c1-9-5-11(10(2)8-13)7-12(3,4)6-9/h5H,6-7H2,1-4H3. The molecular formula is C12H17N. The molecule has 0 amide bonds. The van der Waals surface area contributed by atoms with Crippen LogP contribution in [0.25, 0.3) is 0 Å². The summed E-state index contributed by atoms with van der Waals surface area (Å²) in [7, 11) is 0. The Balaban J connectivity index is 3.06. The summed E-state index contributed by atoms with van der Waals surface area (Å²) in [6.45, 7) is 8.56. The first-order valence-electron chi connectivity index (χ1n) is 4.72. The van der Waals surface area contributed by atoms with Gasteiger partial charge >= 0.3 is 0 Å². The molecule has 0 saturated carbocycles. The molecule has 0 saturated heterocycles. The summed E-state index contributed by atoms with van der Waals surface area (Å²) in [6.07, 6.45) is 4.35. The van der Waals surface area contributed by atoms with Gasteiger partial charge in [0.2, 0.25) is 0 Å². The monoisotopic (exact) mass is 175 g/mol. The number of nitrogens with zero attached hydrogens (tertiary/aromatic N) is 1. The Morgan fingerprint density at radius 2 is 2.08 bits per heavy atom. The molecule has 1 nitrogen and oxygen atoms in total. The minimum atomic E-state index is 0.326. The van der Waals surface area contributed by atoms with Crippen LogP contribution >= 0.6 is 0 Å². The Morgan fingerprint density at radius 1 is 1.46 bits per heavy atom. The molecule has 0 bridgehead atoms. The molecule has 0 aromatic heterocycles. The largest absolute Gasteiger partial charge is 0.193 e. The van der Waals surface area contributed by atoms with Gasteiger partial charge < -0.3 is 0 Å². The summed E-state index contributed by atoms with van der Waals surface area (Å²) in [5.41, 5.74) is 3.80. The van der Waals surface area contributed by atoms with Crippen LogP contribution in [0.2, 0.25) is 0 Å². The van der Waals surface area contributed by atoms with Gasteiger partial charge in [-0.05, 0) is 37.7 Å². The van der Waals surface area contributed by atoms with Gasteiger partial charge in [-0.15, -0.1) is 0 Å². The van der Waals surface area contributed by atoms with E-state index in [9.17, 15) is 0 Å². The molecule has 0 aliphatic heterocycles. The third kappa shape index (κ3) is 2.45. The Morgan fingerprint density at radius 3 is 2.54 bits per heavy atom. The topological polar surface area (TPSA) is 23.8 Å². The molecule has 0 spiro atoms. The molecule has 13 heavy (non-hydrogen) atoms. The summed E-state index contributed by atoms with van der Waals surface area (Å²) in [5, 5.41) is 8.81. The zero-order valence-corrected chi connectivity index (χ0v) is 8.94. The van der Waals surface area contributed by atoms with Crippen LogP contribution in [-0.4, -0.2) is 0 Å². The number of allylic oxidation sites excluding steroid dienone is 4. The average molecular weight is 175 g/mol. The van der Waals surface area contributed by atoms with E-state index in [0.717, 1.165) is 18.4 Å². The molecule has 0 aromatic rings. The van der Waals surface area contributed by atoms with Crippen LogP contribution in [-0.2, 0) is 0 Å². The van der Waals surface area contributed by atoms with Crippen molar-refractivity contribution in [2.24, 2.45) is 5.41 Å². The molecule has 1 aliphatic rings. The van der Waals surface area contributed by atoms with E-state index in [0.29, 0.717) is 5.41 Å². The van der Waals surface area contributed by atoms with E-state index in [4.69, 9.17) is 5.26 Å². The summed E-state index contributed by atoms with van der Waals surface area (Å²) < 4.78 is 0. The molecule has 0 heterocycles. The second kappa shape index (κ2) is 3.38. The molecule has 1 rings (SSSR count). The van der Waals surface area contributed by atoms with E-state index in [1.165, 1.54) is 11.1 Å². The molecule has 1 heteroatoms. The van der Waals surface area contributed by atoms with Crippen LogP contribution in [0.3, 0.4) is 0 Å². The summed E-state index contributed by atoms with van der Waals surface area (Å²) in [5.74, 6) is 0. The lowest BCUT2D eigenvalue weighted by atomic mass is 9.75. The Bertz CT molecular complexity index is 311. The molecule has 0 radical (unpaired) electrons. The van der Waals surface area contributed by atoms with Crippen molar-refractivity contribution in [2.45, 2.75) is 40.5 Å². The van der Waals surface area contributed by atoms with Crippen molar-refractivity contribution < 1.29 is 0 Å². The Labute approximate surface area is 80.8 Å². The highest BCUT2D eigenvalue weighted by atomic mass is 14.3. The Hall–Kier alpha value is -1.03. The maximum atomic E-state index is 8.81. The molecule has 70 valence electrons. The first-order valence-corrected chi connectivity index (χ1v) is 4.72. The van der Waals surface area contributed by atoms with E-state index in [1.54, 1.807) is 0 Å². The van der Waals surface area contributed by atoms with Crippen LogP contribution < -0.4 is 0 Å². The maximum absolute atomic E-state index is 8.81. The van der Waals surface area contributed by atoms with Crippen LogP contribution in [0, 0.1) is 16.7 Å². The average Bonchev–Trinajstić information content (AvgIpc) is 1.99. The third-order valence-electron chi connectivity index (χ3n) is 2.50. The molecule has 0 aromatic carbocycles. The first kappa shape index (κ1) is 10.1. The summed E-state index contributed by atoms with van der Waals surface area (Å²) in [6, 6.07) is 2.23. The molecule has 0 unspecified atom stereocenters. The SMILES string of the molecule is CC1=CC(=C(C)C#N)CC(C)(C)C1. The second-order valence-electron chi connectivity index (χ2n) is 4.77. The highest BCUT2D eigenvalue weighted by Gasteiger charge is 2.24. The van der Waals surface area contributed by atoms with Gasteiger partial charge in [0.15, 0.2) is 0 Å². The van der Waals surface area contributed by atoms with Gasteiger partial charge in [-0.1, -0.05) is 25.5 Å². The smallest absolute Gasteiger partial charge is 0.0946 e. The third-order valence-corrected chi connectivity index (χ3v) is 2.50. The highest BCUT2D eigenvalue weighted by Crippen LogP contribution is 2.38. The van der Waals surface area contributed by atoms with Crippen molar-refractivity contribution >= 4 is 0 Å².